The van der Waals surface area contributed by atoms with Gasteiger partial charge in [0.2, 0.25) is 16.1 Å². The van der Waals surface area contributed by atoms with Gasteiger partial charge in [0.15, 0.2) is 12.4 Å². The Kier molecular flexibility index (Phi) is 8.96. The van der Waals surface area contributed by atoms with Crippen LogP contribution in [0.2, 0.25) is 0 Å². The van der Waals surface area contributed by atoms with E-state index in [0.29, 0.717) is 34.1 Å². The third-order valence-corrected chi connectivity index (χ3v) is 6.66. The first kappa shape index (κ1) is 27.3. The summed E-state index contributed by atoms with van der Waals surface area (Å²) in [5, 5.41) is 12.0. The number of nitrogens with zero attached hydrogens (tertiary/aromatic N) is 1. The molecule has 0 aliphatic carbocycles. The number of sulfonamides is 1. The Bertz CT molecular complexity index is 1350. The van der Waals surface area contributed by atoms with Crippen molar-refractivity contribution < 1.29 is 41.8 Å². The van der Waals surface area contributed by atoms with Gasteiger partial charge in [0.1, 0.15) is 29.0 Å². The van der Waals surface area contributed by atoms with Crippen molar-refractivity contribution in [1.82, 2.24) is 4.72 Å². The molecule has 0 amide bonds. The Balaban J connectivity index is 1.87. The van der Waals surface area contributed by atoms with E-state index in [1.807, 2.05) is 0 Å². The zero-order valence-corrected chi connectivity index (χ0v) is 21.7. The molecule has 1 N–H and O–H groups in total. The highest BCUT2D eigenvalue weighted by Gasteiger charge is 2.27. The lowest BCUT2D eigenvalue weighted by Crippen LogP contribution is -2.49. The summed E-state index contributed by atoms with van der Waals surface area (Å²) in [7, 11) is 2.01. The van der Waals surface area contributed by atoms with E-state index in [2.05, 4.69) is 4.72 Å². The summed E-state index contributed by atoms with van der Waals surface area (Å²) in [5.41, 5.74) is 1.13. The largest absolute Gasteiger partial charge is 0.543 e. The number of pyridine rings is 1. The molecule has 1 unspecified atom stereocenters. The van der Waals surface area contributed by atoms with E-state index in [9.17, 15) is 18.3 Å². The monoisotopic (exact) mass is 528 g/mol. The van der Waals surface area contributed by atoms with Crippen LogP contribution in [0.5, 0.6) is 23.0 Å². The number of methoxy groups -OCH3 is 4. The Labute approximate surface area is 215 Å². The van der Waals surface area contributed by atoms with Crippen molar-refractivity contribution in [2.45, 2.75) is 11.8 Å². The van der Waals surface area contributed by atoms with Gasteiger partial charge in [0.05, 0.1) is 45.3 Å². The molecule has 196 valence electrons. The van der Waals surface area contributed by atoms with E-state index in [1.165, 1.54) is 57.4 Å². The summed E-state index contributed by atoms with van der Waals surface area (Å²) in [6, 6.07) is 11.8. The predicted octanol–water partition coefficient (Wildman–Crippen LogP) is 1.44. The third-order valence-electron chi connectivity index (χ3n) is 5.46. The highest BCUT2D eigenvalue weighted by atomic mass is 32.2. The van der Waals surface area contributed by atoms with Gasteiger partial charge in [-0.3, -0.25) is 4.72 Å². The molecule has 1 aromatic heterocycles. The predicted molar refractivity (Wildman–Crippen MR) is 134 cm³/mol. The average molecular weight is 529 g/mol. The van der Waals surface area contributed by atoms with Crippen molar-refractivity contribution in [3.63, 3.8) is 0 Å². The lowest BCUT2D eigenvalue weighted by atomic mass is 10.0. The van der Waals surface area contributed by atoms with Crippen LogP contribution in [0.15, 0.2) is 67.1 Å². The zero-order valence-electron chi connectivity index (χ0n) is 20.8. The second-order valence-electron chi connectivity index (χ2n) is 7.78. The van der Waals surface area contributed by atoms with Gasteiger partial charge in [-0.1, -0.05) is 12.1 Å². The van der Waals surface area contributed by atoms with Crippen LogP contribution in [0.3, 0.4) is 0 Å². The Morgan fingerprint density at radius 1 is 0.946 bits per heavy atom. The number of hydrogen-bond donors (Lipinski definition) is 1. The molecule has 1 atom stereocenters. The van der Waals surface area contributed by atoms with Gasteiger partial charge in [-0.25, -0.2) is 8.42 Å². The molecule has 0 aliphatic rings. The Morgan fingerprint density at radius 2 is 1.57 bits per heavy atom. The summed E-state index contributed by atoms with van der Waals surface area (Å²) < 4.78 is 50.8. The Morgan fingerprint density at radius 3 is 2.11 bits per heavy atom. The molecular formula is C26H28N2O8S. The molecule has 2 aromatic carbocycles. The molecule has 37 heavy (non-hydrogen) atoms. The van der Waals surface area contributed by atoms with E-state index in [0.717, 1.165) is 0 Å². The number of aromatic nitrogens is 1. The van der Waals surface area contributed by atoms with Gasteiger partial charge in [-0.15, -0.1) is 0 Å². The van der Waals surface area contributed by atoms with Gasteiger partial charge in [-0.05, 0) is 23.8 Å². The van der Waals surface area contributed by atoms with Gasteiger partial charge >= 0.3 is 0 Å². The lowest BCUT2D eigenvalue weighted by Gasteiger charge is -2.18. The smallest absolute Gasteiger partial charge is 0.236 e. The van der Waals surface area contributed by atoms with Crippen LogP contribution >= 0.6 is 0 Å². The molecule has 10 nitrogen and oxygen atoms in total. The van der Waals surface area contributed by atoms with E-state index >= 15 is 0 Å². The number of hydrogen-bond acceptors (Lipinski definition) is 8. The molecule has 0 saturated carbocycles. The molecule has 3 aromatic rings. The normalized spacial score (nSPS) is 12.1. The number of carbonyl (C=O) groups is 1. The standard InChI is InChI=1S/C26H28N2O8S/c1-33-19-15-23(35-3)20(24(16-19)36-4)10-11-27-37(31,32)17-18-8-9-22(34-2)21(14-18)25(26(29)30)28-12-6-5-7-13-28/h5-16,25,27H,17H2,1-4H3. The summed E-state index contributed by atoms with van der Waals surface area (Å²) in [4.78, 5) is 12.0. The van der Waals surface area contributed by atoms with Crippen molar-refractivity contribution in [3.05, 3.63) is 83.8 Å². The van der Waals surface area contributed by atoms with Crippen LogP contribution in [0.4, 0.5) is 0 Å². The zero-order chi connectivity index (χ0) is 27.0. The minimum Gasteiger partial charge on any atom is -0.543 e. The minimum absolute atomic E-state index is 0.259. The van der Waals surface area contributed by atoms with Crippen molar-refractivity contribution in [2.24, 2.45) is 0 Å². The minimum atomic E-state index is -3.86. The van der Waals surface area contributed by atoms with E-state index in [1.54, 1.807) is 48.8 Å². The average Bonchev–Trinajstić information content (AvgIpc) is 2.89. The molecule has 0 aliphatic heterocycles. The number of rotatable bonds is 12. The highest BCUT2D eigenvalue weighted by molar-refractivity contribution is 7.88. The van der Waals surface area contributed by atoms with Crippen molar-refractivity contribution >= 4 is 22.1 Å². The van der Waals surface area contributed by atoms with Gasteiger partial charge < -0.3 is 28.8 Å². The molecule has 0 fully saturated rings. The second-order valence-corrected chi connectivity index (χ2v) is 9.53. The fourth-order valence-electron chi connectivity index (χ4n) is 3.76. The number of benzene rings is 2. The lowest BCUT2D eigenvalue weighted by molar-refractivity contribution is -0.707. The molecule has 0 spiro atoms. The van der Waals surface area contributed by atoms with Crippen LogP contribution in [-0.2, 0) is 20.6 Å². The van der Waals surface area contributed by atoms with E-state index in [4.69, 9.17) is 18.9 Å². The number of ether oxygens (including phenoxy) is 4. The van der Waals surface area contributed by atoms with Crippen LogP contribution < -0.4 is 33.3 Å². The fraction of sp³-hybridized carbons (Fsp3) is 0.231. The molecule has 11 heteroatoms. The van der Waals surface area contributed by atoms with Crippen LogP contribution in [0.1, 0.15) is 22.7 Å². The van der Waals surface area contributed by atoms with Crippen molar-refractivity contribution in [1.29, 1.82) is 0 Å². The molecule has 0 radical (unpaired) electrons. The molecule has 0 bridgehead atoms. The van der Waals surface area contributed by atoms with Gasteiger partial charge in [-0.2, -0.15) is 4.57 Å². The molecule has 1 heterocycles. The summed E-state index contributed by atoms with van der Waals surface area (Å²) in [6.45, 7) is 0. The first-order valence-corrected chi connectivity index (χ1v) is 12.7. The first-order valence-electron chi connectivity index (χ1n) is 11.0. The van der Waals surface area contributed by atoms with E-state index in [-0.39, 0.29) is 5.56 Å². The van der Waals surface area contributed by atoms with Crippen LogP contribution in [0.25, 0.3) is 6.08 Å². The fourth-order valence-corrected chi connectivity index (χ4v) is 4.74. The second kappa shape index (κ2) is 12.1. The maximum absolute atomic E-state index is 12.8. The third kappa shape index (κ3) is 6.70. The van der Waals surface area contributed by atoms with E-state index < -0.39 is 27.8 Å². The molecular weight excluding hydrogens is 500 g/mol. The number of carboxylic acids is 1. The van der Waals surface area contributed by atoms with Crippen LogP contribution in [0, 0.1) is 0 Å². The molecule has 3 rings (SSSR count). The van der Waals surface area contributed by atoms with Crippen LogP contribution in [-0.4, -0.2) is 42.8 Å². The number of carbonyl (C=O) groups excluding carboxylic acids is 1. The quantitative estimate of drug-likeness (QED) is 0.350. The summed E-state index contributed by atoms with van der Waals surface area (Å²) >= 11 is 0. The first-order chi connectivity index (χ1) is 17.7. The topological polar surface area (TPSA) is 127 Å². The van der Waals surface area contributed by atoms with Crippen molar-refractivity contribution in [2.75, 3.05) is 28.4 Å². The molecule has 0 saturated heterocycles. The van der Waals surface area contributed by atoms with Gasteiger partial charge in [0.25, 0.3) is 0 Å². The summed E-state index contributed by atoms with van der Waals surface area (Å²) in [6.07, 6.45) is 5.93. The number of nitrogens with one attached hydrogen (secondary N) is 1. The summed E-state index contributed by atoms with van der Waals surface area (Å²) in [5.74, 6) is -0.109. The van der Waals surface area contributed by atoms with Crippen molar-refractivity contribution in [3.8, 4) is 23.0 Å². The maximum atomic E-state index is 12.8. The maximum Gasteiger partial charge on any atom is 0.236 e. The number of carboxylic acid groups (broad SMARTS) is 1. The number of aliphatic carboxylic acids is 1. The Hall–Kier alpha value is -4.25. The SMILES string of the molecule is COc1cc(OC)c(C=CNS(=O)(=O)Cc2ccc(OC)c(C(C(=O)[O-])[n+]3ccccc3)c2)c(OC)c1. The van der Waals surface area contributed by atoms with Gasteiger partial charge in [0, 0.05) is 30.5 Å². The highest BCUT2D eigenvalue weighted by Crippen LogP contribution is 2.35.